The molecular formula is C4H10N8O2. The van der Waals surface area contributed by atoms with E-state index in [0.29, 0.717) is 5.01 Å². The number of carbonyl (C=O) groups excluding carboxylic acids is 2. The molecule has 10 nitrogen and oxygen atoms in total. The highest BCUT2D eigenvalue weighted by Crippen LogP contribution is 1.78. The number of rotatable bonds is 0. The third-order valence-electron chi connectivity index (χ3n) is 1.03. The Balaban J connectivity index is 4.47. The maximum absolute atomic E-state index is 10.8. The molecule has 0 rings (SSSR count). The fourth-order valence-electron chi connectivity index (χ4n) is 0.468. The number of amides is 2. The van der Waals surface area contributed by atoms with E-state index in [1.165, 1.54) is 0 Å². The van der Waals surface area contributed by atoms with Crippen molar-refractivity contribution in [2.75, 3.05) is 0 Å². The van der Waals surface area contributed by atoms with Crippen molar-refractivity contribution in [1.82, 2.24) is 15.9 Å². The summed E-state index contributed by atoms with van der Waals surface area (Å²) >= 11 is 0. The van der Waals surface area contributed by atoms with Crippen LogP contribution >= 0.6 is 0 Å². The lowest BCUT2D eigenvalue weighted by molar-refractivity contribution is -0.140. The molecule has 78 valence electrons. The molecule has 0 saturated heterocycles. The molecule has 0 fully saturated rings. The third kappa shape index (κ3) is 2.94. The van der Waals surface area contributed by atoms with Crippen LogP contribution in [0.2, 0.25) is 0 Å². The van der Waals surface area contributed by atoms with Gasteiger partial charge in [-0.05, 0) is 0 Å². The molecular weight excluding hydrogens is 192 g/mol. The van der Waals surface area contributed by atoms with Crippen LogP contribution in [0.4, 0.5) is 0 Å². The van der Waals surface area contributed by atoms with Crippen LogP contribution in [0.25, 0.3) is 0 Å². The van der Waals surface area contributed by atoms with E-state index in [2.05, 4.69) is 5.84 Å². The van der Waals surface area contributed by atoms with Crippen LogP contribution in [-0.2, 0) is 9.59 Å². The average Bonchev–Trinajstić information content (AvgIpc) is 2.11. The van der Waals surface area contributed by atoms with E-state index in [1.54, 1.807) is 10.9 Å². The van der Waals surface area contributed by atoms with Crippen molar-refractivity contribution >= 4 is 23.7 Å². The van der Waals surface area contributed by atoms with E-state index in [9.17, 15) is 9.59 Å². The maximum atomic E-state index is 10.8. The fourth-order valence-corrected chi connectivity index (χ4v) is 0.468. The Labute approximate surface area is 78.3 Å². The SMILES string of the molecule is N=C(N)N(NC(=O)C(=O)NN)C(=N)N. The van der Waals surface area contributed by atoms with Crippen LogP contribution in [-0.4, -0.2) is 28.7 Å². The van der Waals surface area contributed by atoms with E-state index in [1.807, 2.05) is 0 Å². The molecule has 0 aliphatic rings. The molecule has 0 aromatic heterocycles. The minimum absolute atomic E-state index is 0.400. The van der Waals surface area contributed by atoms with Crippen molar-refractivity contribution in [3.05, 3.63) is 0 Å². The van der Waals surface area contributed by atoms with E-state index in [0.717, 1.165) is 0 Å². The molecule has 2 amide bonds. The number of carbonyl (C=O) groups is 2. The summed E-state index contributed by atoms with van der Waals surface area (Å²) in [5, 5.41) is 14.2. The van der Waals surface area contributed by atoms with Gasteiger partial charge in [0.15, 0.2) is 0 Å². The molecule has 0 bridgehead atoms. The molecule has 0 saturated carbocycles. The number of nitrogens with zero attached hydrogens (tertiary/aromatic N) is 1. The zero-order chi connectivity index (χ0) is 11.3. The summed E-state index contributed by atoms with van der Waals surface area (Å²) < 4.78 is 0. The molecule has 0 radical (unpaired) electrons. The predicted molar refractivity (Wildman–Crippen MR) is 46.1 cm³/mol. The number of hydrogen-bond donors (Lipinski definition) is 7. The molecule has 10 N–H and O–H groups in total. The molecule has 0 aromatic rings. The first kappa shape index (κ1) is 11.6. The topological polar surface area (TPSA) is 187 Å². The summed E-state index contributed by atoms with van der Waals surface area (Å²) in [4.78, 5) is 21.4. The van der Waals surface area contributed by atoms with Crippen molar-refractivity contribution in [2.45, 2.75) is 0 Å². The first-order valence-electron chi connectivity index (χ1n) is 3.20. The van der Waals surface area contributed by atoms with Crippen molar-refractivity contribution in [1.29, 1.82) is 10.8 Å². The van der Waals surface area contributed by atoms with Gasteiger partial charge in [-0.25, -0.2) is 11.3 Å². The first-order valence-corrected chi connectivity index (χ1v) is 3.20. The molecule has 0 aliphatic heterocycles. The first-order chi connectivity index (χ1) is 6.40. The summed E-state index contributed by atoms with van der Waals surface area (Å²) in [6, 6.07) is 0. The number of nitrogens with one attached hydrogen (secondary N) is 4. The van der Waals surface area contributed by atoms with E-state index >= 15 is 0 Å². The zero-order valence-electron chi connectivity index (χ0n) is 7.00. The van der Waals surface area contributed by atoms with Gasteiger partial charge in [-0.2, -0.15) is 5.01 Å². The van der Waals surface area contributed by atoms with Crippen LogP contribution in [0.3, 0.4) is 0 Å². The maximum Gasteiger partial charge on any atom is 0.329 e. The fraction of sp³-hybridized carbons (Fsp3) is 0. The minimum Gasteiger partial charge on any atom is -0.368 e. The molecule has 0 unspecified atom stereocenters. The number of nitrogens with two attached hydrogens (primary N) is 3. The average molecular weight is 202 g/mol. The van der Waals surface area contributed by atoms with Gasteiger partial charge >= 0.3 is 11.8 Å². The van der Waals surface area contributed by atoms with Gasteiger partial charge in [0.25, 0.3) is 0 Å². The predicted octanol–water partition coefficient (Wildman–Crippen LogP) is -3.90. The zero-order valence-corrected chi connectivity index (χ0v) is 7.00. The quantitative estimate of drug-likeness (QED) is 0.0524. The largest absolute Gasteiger partial charge is 0.368 e. The second kappa shape index (κ2) is 4.61. The Hall–Kier alpha value is -2.36. The molecule has 0 heterocycles. The Morgan fingerprint density at radius 1 is 1.07 bits per heavy atom. The van der Waals surface area contributed by atoms with E-state index < -0.39 is 23.7 Å². The molecule has 0 aliphatic carbocycles. The Bertz CT molecular complexity index is 271. The van der Waals surface area contributed by atoms with Crippen molar-refractivity contribution < 1.29 is 9.59 Å². The van der Waals surface area contributed by atoms with Crippen LogP contribution in [0.15, 0.2) is 0 Å². The van der Waals surface area contributed by atoms with Gasteiger partial charge in [0.2, 0.25) is 11.9 Å². The molecule has 10 heteroatoms. The minimum atomic E-state index is -1.20. The van der Waals surface area contributed by atoms with Crippen LogP contribution < -0.4 is 28.2 Å². The molecule has 0 spiro atoms. The van der Waals surface area contributed by atoms with Gasteiger partial charge in [-0.3, -0.25) is 25.8 Å². The summed E-state index contributed by atoms with van der Waals surface area (Å²) in [6.45, 7) is 0. The van der Waals surface area contributed by atoms with E-state index in [4.69, 9.17) is 22.3 Å². The standard InChI is InChI=1S/C4H10N8O2/c5-3(6)12(4(7)8)11-2(14)1(13)10-9/h9H2,(H3,5,6)(H3,7,8)(H,10,13)(H,11,14). The Morgan fingerprint density at radius 2 is 1.50 bits per heavy atom. The number of guanidine groups is 2. The lowest BCUT2D eigenvalue weighted by atomic mass is 10.6. The monoisotopic (exact) mass is 202 g/mol. The summed E-state index contributed by atoms with van der Waals surface area (Å²) in [5.74, 6) is 0.876. The molecule has 14 heavy (non-hydrogen) atoms. The van der Waals surface area contributed by atoms with Gasteiger partial charge in [0.1, 0.15) is 0 Å². The van der Waals surface area contributed by atoms with Gasteiger partial charge < -0.3 is 11.5 Å². The van der Waals surface area contributed by atoms with Crippen molar-refractivity contribution in [2.24, 2.45) is 17.3 Å². The molecule has 0 atom stereocenters. The summed E-state index contributed by atoms with van der Waals surface area (Å²) in [6.07, 6.45) is 0. The second-order valence-corrected chi connectivity index (χ2v) is 2.02. The highest BCUT2D eigenvalue weighted by Gasteiger charge is 2.18. The summed E-state index contributed by atoms with van der Waals surface area (Å²) in [5.41, 5.74) is 13.2. The van der Waals surface area contributed by atoms with Crippen LogP contribution in [0.5, 0.6) is 0 Å². The van der Waals surface area contributed by atoms with Gasteiger partial charge in [0.05, 0.1) is 0 Å². The van der Waals surface area contributed by atoms with Crippen molar-refractivity contribution in [3.8, 4) is 0 Å². The number of hydrogen-bond acceptors (Lipinski definition) is 5. The molecule has 0 aromatic carbocycles. The highest BCUT2D eigenvalue weighted by molar-refractivity contribution is 6.35. The lowest BCUT2D eigenvalue weighted by Gasteiger charge is -2.19. The third-order valence-corrected chi connectivity index (χ3v) is 1.03. The van der Waals surface area contributed by atoms with Gasteiger partial charge in [-0.15, -0.1) is 0 Å². The second-order valence-electron chi connectivity index (χ2n) is 2.02. The van der Waals surface area contributed by atoms with Crippen molar-refractivity contribution in [3.63, 3.8) is 0 Å². The number of hydrazine groups is 2. The summed E-state index contributed by atoms with van der Waals surface area (Å²) in [7, 11) is 0. The Morgan fingerprint density at radius 3 is 1.79 bits per heavy atom. The van der Waals surface area contributed by atoms with Gasteiger partial charge in [0, 0.05) is 0 Å². The van der Waals surface area contributed by atoms with Gasteiger partial charge in [-0.1, -0.05) is 0 Å². The van der Waals surface area contributed by atoms with Crippen LogP contribution in [0.1, 0.15) is 0 Å². The highest BCUT2D eigenvalue weighted by atomic mass is 16.2. The lowest BCUT2D eigenvalue weighted by Crippen LogP contribution is -2.58. The normalized spacial score (nSPS) is 8.64. The van der Waals surface area contributed by atoms with E-state index in [-0.39, 0.29) is 0 Å². The smallest absolute Gasteiger partial charge is 0.329 e. The van der Waals surface area contributed by atoms with Crippen LogP contribution in [0, 0.1) is 10.8 Å². The Kier molecular flexibility index (Phi) is 3.84.